The predicted molar refractivity (Wildman–Crippen MR) is 63.4 cm³/mol. The van der Waals surface area contributed by atoms with Crippen LogP contribution in [0.4, 0.5) is 8.78 Å². The maximum absolute atomic E-state index is 13.8. The van der Waals surface area contributed by atoms with Gasteiger partial charge in [0, 0.05) is 11.5 Å². The molecule has 2 N–H and O–H groups in total. The van der Waals surface area contributed by atoms with E-state index in [9.17, 15) is 18.7 Å². The van der Waals surface area contributed by atoms with E-state index >= 15 is 0 Å². The number of hydrogen-bond acceptors (Lipinski definition) is 3. The molecule has 2 rings (SSSR count). The molecule has 0 radical (unpaired) electrons. The van der Waals surface area contributed by atoms with E-state index in [0.717, 1.165) is 0 Å². The molecule has 0 spiro atoms. The van der Waals surface area contributed by atoms with Gasteiger partial charge in [0.1, 0.15) is 29.4 Å². The monoisotopic (exact) mass is 272 g/mol. The molecule has 0 saturated heterocycles. The molecular formula is C13H14F2O4. The summed E-state index contributed by atoms with van der Waals surface area (Å²) >= 11 is 0. The average Bonchev–Trinajstić information content (AvgIpc) is 2.69. The van der Waals surface area contributed by atoms with Crippen LogP contribution in [0.2, 0.25) is 0 Å². The molecule has 1 saturated carbocycles. The highest BCUT2D eigenvalue weighted by Gasteiger charge is 2.41. The summed E-state index contributed by atoms with van der Waals surface area (Å²) in [5, 5.41) is 18.9. The Bertz CT molecular complexity index is 504. The van der Waals surface area contributed by atoms with Crippen molar-refractivity contribution in [2.24, 2.45) is 0 Å². The standard InChI is InChI=1S/C13H14F2O4/c1-19-12-7(13(17)18)3-5-9(16)10(12)6-2-4-8(14)11(6)15/h3,5-6,8,11,16H,2,4H2,1H3,(H,17,18). The van der Waals surface area contributed by atoms with Gasteiger partial charge in [0.25, 0.3) is 0 Å². The fraction of sp³-hybridized carbons (Fsp3) is 0.462. The number of aromatic hydroxyl groups is 1. The first-order valence-electron chi connectivity index (χ1n) is 5.88. The second-order valence-electron chi connectivity index (χ2n) is 4.53. The van der Waals surface area contributed by atoms with Crippen LogP contribution in [0.25, 0.3) is 0 Å². The van der Waals surface area contributed by atoms with Crippen molar-refractivity contribution >= 4 is 5.97 Å². The topological polar surface area (TPSA) is 66.8 Å². The minimum Gasteiger partial charge on any atom is -0.508 e. The zero-order chi connectivity index (χ0) is 14.2. The van der Waals surface area contributed by atoms with E-state index in [1.54, 1.807) is 0 Å². The SMILES string of the molecule is COc1c(C(=O)O)ccc(O)c1C1CCC(F)C1F. The first-order valence-corrected chi connectivity index (χ1v) is 5.88. The summed E-state index contributed by atoms with van der Waals surface area (Å²) in [4.78, 5) is 11.1. The van der Waals surface area contributed by atoms with Gasteiger partial charge in [-0.2, -0.15) is 0 Å². The molecule has 3 atom stereocenters. The lowest BCUT2D eigenvalue weighted by molar-refractivity contribution is 0.0693. The van der Waals surface area contributed by atoms with Crippen LogP contribution in [0.3, 0.4) is 0 Å². The number of ether oxygens (including phenoxy) is 1. The molecule has 0 aliphatic heterocycles. The summed E-state index contributed by atoms with van der Waals surface area (Å²) in [6, 6.07) is 2.34. The van der Waals surface area contributed by atoms with Gasteiger partial charge in [0.15, 0.2) is 0 Å². The lowest BCUT2D eigenvalue weighted by atomic mass is 9.92. The van der Waals surface area contributed by atoms with Crippen LogP contribution in [0.1, 0.15) is 34.7 Å². The van der Waals surface area contributed by atoms with Gasteiger partial charge in [-0.3, -0.25) is 0 Å². The molecule has 0 heterocycles. The van der Waals surface area contributed by atoms with Crippen molar-refractivity contribution in [3.8, 4) is 11.5 Å². The number of methoxy groups -OCH3 is 1. The maximum Gasteiger partial charge on any atom is 0.339 e. The molecular weight excluding hydrogens is 258 g/mol. The van der Waals surface area contributed by atoms with Crippen LogP contribution < -0.4 is 4.74 Å². The number of alkyl halides is 2. The molecule has 0 aromatic heterocycles. The number of halogens is 2. The van der Waals surface area contributed by atoms with E-state index in [1.807, 2.05) is 0 Å². The summed E-state index contributed by atoms with van der Waals surface area (Å²) in [5.41, 5.74) is -0.139. The Balaban J connectivity index is 2.55. The minimum absolute atomic E-state index is 0.0371. The smallest absolute Gasteiger partial charge is 0.339 e. The molecule has 1 aromatic carbocycles. The van der Waals surface area contributed by atoms with Crippen LogP contribution in [0.5, 0.6) is 11.5 Å². The molecule has 6 heteroatoms. The van der Waals surface area contributed by atoms with E-state index in [1.165, 1.54) is 19.2 Å². The number of rotatable bonds is 3. The molecule has 0 amide bonds. The van der Waals surface area contributed by atoms with Crippen molar-refractivity contribution in [2.75, 3.05) is 7.11 Å². The summed E-state index contributed by atoms with van der Waals surface area (Å²) in [7, 11) is 1.24. The molecule has 4 nitrogen and oxygen atoms in total. The van der Waals surface area contributed by atoms with E-state index < -0.39 is 24.2 Å². The van der Waals surface area contributed by atoms with Gasteiger partial charge < -0.3 is 14.9 Å². The minimum atomic E-state index is -1.76. The fourth-order valence-electron chi connectivity index (χ4n) is 2.55. The quantitative estimate of drug-likeness (QED) is 0.887. The number of hydrogen-bond donors (Lipinski definition) is 2. The van der Waals surface area contributed by atoms with Gasteiger partial charge in [0.2, 0.25) is 0 Å². The van der Waals surface area contributed by atoms with Crippen molar-refractivity contribution in [3.05, 3.63) is 23.3 Å². The summed E-state index contributed by atoms with van der Waals surface area (Å²) in [5.74, 6) is -2.51. The third-order valence-electron chi connectivity index (χ3n) is 3.46. The Hall–Kier alpha value is -1.85. The number of carboxylic acids is 1. The number of phenols is 1. The normalized spacial score (nSPS) is 26.4. The number of phenolic OH excluding ortho intramolecular Hbond substituents is 1. The Kier molecular flexibility index (Phi) is 3.59. The lowest BCUT2D eigenvalue weighted by Gasteiger charge is -2.19. The van der Waals surface area contributed by atoms with Gasteiger partial charge in [-0.05, 0) is 25.0 Å². The van der Waals surface area contributed by atoms with Crippen molar-refractivity contribution < 1.29 is 28.5 Å². The molecule has 0 bridgehead atoms. The molecule has 3 unspecified atom stereocenters. The van der Waals surface area contributed by atoms with Crippen molar-refractivity contribution in [1.82, 2.24) is 0 Å². The lowest BCUT2D eigenvalue weighted by Crippen LogP contribution is -2.17. The van der Waals surface area contributed by atoms with Gasteiger partial charge in [-0.25, -0.2) is 13.6 Å². The fourth-order valence-corrected chi connectivity index (χ4v) is 2.55. The first kappa shape index (κ1) is 13.6. The highest BCUT2D eigenvalue weighted by Crippen LogP contribution is 2.46. The molecule has 104 valence electrons. The van der Waals surface area contributed by atoms with Crippen molar-refractivity contribution in [2.45, 2.75) is 31.1 Å². The Morgan fingerprint density at radius 2 is 2.05 bits per heavy atom. The molecule has 1 aliphatic rings. The first-order chi connectivity index (χ1) is 8.97. The molecule has 1 aliphatic carbocycles. The number of aromatic carboxylic acids is 1. The van der Waals surface area contributed by atoms with Crippen LogP contribution >= 0.6 is 0 Å². The van der Waals surface area contributed by atoms with Crippen LogP contribution in [0, 0.1) is 0 Å². The predicted octanol–water partition coefficient (Wildman–Crippen LogP) is 2.65. The summed E-state index contributed by atoms with van der Waals surface area (Å²) < 4.78 is 32.1. The van der Waals surface area contributed by atoms with E-state index in [2.05, 4.69) is 0 Å². The highest BCUT2D eigenvalue weighted by molar-refractivity contribution is 5.92. The highest BCUT2D eigenvalue weighted by atomic mass is 19.2. The third kappa shape index (κ3) is 2.22. The summed E-state index contributed by atoms with van der Waals surface area (Å²) in [6.07, 6.45) is -3.10. The molecule has 1 aromatic rings. The van der Waals surface area contributed by atoms with Crippen molar-refractivity contribution in [3.63, 3.8) is 0 Å². The maximum atomic E-state index is 13.8. The van der Waals surface area contributed by atoms with Gasteiger partial charge in [0.05, 0.1) is 7.11 Å². The van der Waals surface area contributed by atoms with Crippen LogP contribution in [0.15, 0.2) is 12.1 Å². The third-order valence-corrected chi connectivity index (χ3v) is 3.46. The number of benzene rings is 1. The van der Waals surface area contributed by atoms with E-state index in [4.69, 9.17) is 9.84 Å². The van der Waals surface area contributed by atoms with Gasteiger partial charge in [-0.15, -0.1) is 0 Å². The van der Waals surface area contributed by atoms with Crippen molar-refractivity contribution in [1.29, 1.82) is 0 Å². The second-order valence-corrected chi connectivity index (χ2v) is 4.53. The second kappa shape index (κ2) is 5.03. The number of carbonyl (C=O) groups is 1. The molecule has 1 fully saturated rings. The largest absolute Gasteiger partial charge is 0.508 e. The number of carboxylic acid groups (broad SMARTS) is 1. The Labute approximate surface area is 108 Å². The zero-order valence-corrected chi connectivity index (χ0v) is 10.3. The zero-order valence-electron chi connectivity index (χ0n) is 10.3. The van der Waals surface area contributed by atoms with Gasteiger partial charge in [-0.1, -0.05) is 0 Å². The van der Waals surface area contributed by atoms with E-state index in [0.29, 0.717) is 0 Å². The van der Waals surface area contributed by atoms with Gasteiger partial charge >= 0.3 is 5.97 Å². The molecule has 19 heavy (non-hydrogen) atoms. The average molecular weight is 272 g/mol. The van der Waals surface area contributed by atoms with E-state index in [-0.39, 0.29) is 35.5 Å². The Morgan fingerprint density at radius 3 is 2.53 bits per heavy atom. The Morgan fingerprint density at radius 1 is 1.37 bits per heavy atom. The summed E-state index contributed by atoms with van der Waals surface area (Å²) in [6.45, 7) is 0. The van der Waals surface area contributed by atoms with Crippen LogP contribution in [-0.2, 0) is 0 Å². The van der Waals surface area contributed by atoms with Crippen LogP contribution in [-0.4, -0.2) is 35.6 Å².